The molecule has 0 aromatic heterocycles. The van der Waals surface area contributed by atoms with E-state index in [9.17, 15) is 9.59 Å². The first-order valence-electron chi connectivity index (χ1n) is 5.39. The minimum absolute atomic E-state index is 0. The van der Waals surface area contributed by atoms with Gasteiger partial charge in [-0.05, 0) is 5.92 Å². The number of unbranched alkanes of at least 4 members (excludes halogenated alkanes) is 1. The van der Waals surface area contributed by atoms with Gasteiger partial charge in [-0.15, -0.1) is 6.42 Å². The van der Waals surface area contributed by atoms with Gasteiger partial charge in [-0.2, -0.15) is 6.08 Å². The molecule has 1 rings (SSSR count). The van der Waals surface area contributed by atoms with E-state index in [4.69, 9.17) is 0 Å². The largest absolute Gasteiger partial charge is 1.00 e. The predicted molar refractivity (Wildman–Crippen MR) is 57.9 cm³/mol. The second kappa shape index (κ2) is 9.83. The molecule has 0 radical (unpaired) electrons. The fourth-order valence-corrected chi connectivity index (χ4v) is 1.92. The first kappa shape index (κ1) is 19.2. The molecule has 1 aliphatic carbocycles. The number of ketones is 1. The Morgan fingerprint density at radius 3 is 2.76 bits per heavy atom. The van der Waals surface area contributed by atoms with E-state index in [0.29, 0.717) is 6.42 Å². The molecule has 1 aliphatic rings. The smallest absolute Gasteiger partial charge is 0.870 e. The zero-order valence-corrected chi connectivity index (χ0v) is 12.7. The molecule has 4 nitrogen and oxygen atoms in total. The van der Waals surface area contributed by atoms with Gasteiger partial charge in [0.05, 0.1) is 13.0 Å². The van der Waals surface area contributed by atoms with Crippen molar-refractivity contribution in [2.75, 3.05) is 7.11 Å². The SMILES string of the molecule is CCCCC1C[C-]=CC(=O)C1C(=O)OC.[Na+].[OH-]. The summed E-state index contributed by atoms with van der Waals surface area (Å²) in [6.45, 7) is 2.09. The van der Waals surface area contributed by atoms with Crippen molar-refractivity contribution in [3.05, 3.63) is 12.2 Å². The Kier molecular flexibility index (Phi) is 11.1. The minimum atomic E-state index is -0.595. The Hall–Kier alpha value is -0.160. The molecule has 0 aliphatic heterocycles. The van der Waals surface area contributed by atoms with Crippen LogP contribution in [0, 0.1) is 17.9 Å². The number of carbonyl (C=O) groups is 2. The summed E-state index contributed by atoms with van der Waals surface area (Å²) in [4.78, 5) is 23.0. The van der Waals surface area contributed by atoms with E-state index in [-0.39, 0.29) is 46.7 Å². The quantitative estimate of drug-likeness (QED) is 0.270. The monoisotopic (exact) mass is 249 g/mol. The van der Waals surface area contributed by atoms with Crippen LogP contribution in [-0.4, -0.2) is 24.3 Å². The Balaban J connectivity index is 0. The topological polar surface area (TPSA) is 73.4 Å². The maximum Gasteiger partial charge on any atom is 1.00 e. The van der Waals surface area contributed by atoms with Crippen molar-refractivity contribution in [1.82, 2.24) is 0 Å². The molecule has 0 spiro atoms. The first-order chi connectivity index (χ1) is 7.20. The third-order valence-electron chi connectivity index (χ3n) is 2.79. The van der Waals surface area contributed by atoms with Crippen molar-refractivity contribution in [3.8, 4) is 0 Å². The summed E-state index contributed by atoms with van der Waals surface area (Å²) < 4.78 is 4.66. The molecule has 1 N–H and O–H groups in total. The van der Waals surface area contributed by atoms with Crippen LogP contribution in [0.4, 0.5) is 0 Å². The minimum Gasteiger partial charge on any atom is -0.870 e. The fraction of sp³-hybridized carbons (Fsp3) is 0.667. The Bertz CT molecular complexity index is 276. The Morgan fingerprint density at radius 1 is 1.59 bits per heavy atom. The van der Waals surface area contributed by atoms with E-state index in [1.807, 2.05) is 0 Å². The molecule has 0 heterocycles. The molecule has 5 heteroatoms. The van der Waals surface area contributed by atoms with Crippen LogP contribution in [-0.2, 0) is 14.3 Å². The van der Waals surface area contributed by atoms with Gasteiger partial charge in [0.2, 0.25) is 0 Å². The van der Waals surface area contributed by atoms with E-state index in [1.165, 1.54) is 13.2 Å². The summed E-state index contributed by atoms with van der Waals surface area (Å²) in [6.07, 6.45) is 7.98. The van der Waals surface area contributed by atoms with Gasteiger partial charge < -0.3 is 15.0 Å². The van der Waals surface area contributed by atoms with Gasteiger partial charge in [0, 0.05) is 5.78 Å². The molecule has 0 fully saturated rings. The van der Waals surface area contributed by atoms with Crippen LogP contribution in [0.25, 0.3) is 0 Å². The summed E-state index contributed by atoms with van der Waals surface area (Å²) in [5.74, 6) is -1.08. The van der Waals surface area contributed by atoms with Crippen molar-refractivity contribution in [2.24, 2.45) is 11.8 Å². The van der Waals surface area contributed by atoms with Gasteiger partial charge in [-0.3, -0.25) is 10.9 Å². The van der Waals surface area contributed by atoms with Gasteiger partial charge in [-0.25, -0.2) is 0 Å². The average molecular weight is 249 g/mol. The molecule has 0 aromatic carbocycles. The molecule has 2 unspecified atom stereocenters. The van der Waals surface area contributed by atoms with Crippen molar-refractivity contribution < 1.29 is 49.4 Å². The van der Waals surface area contributed by atoms with Crippen molar-refractivity contribution in [1.29, 1.82) is 0 Å². The summed E-state index contributed by atoms with van der Waals surface area (Å²) in [6, 6.07) is 0. The van der Waals surface area contributed by atoms with E-state index in [1.54, 1.807) is 0 Å². The van der Waals surface area contributed by atoms with Gasteiger partial charge >= 0.3 is 29.6 Å². The van der Waals surface area contributed by atoms with Gasteiger partial charge in [-0.1, -0.05) is 26.2 Å². The van der Waals surface area contributed by atoms with Crippen LogP contribution in [0.5, 0.6) is 0 Å². The molecular weight excluding hydrogens is 231 g/mol. The van der Waals surface area contributed by atoms with E-state index in [0.717, 1.165) is 19.3 Å². The third-order valence-corrected chi connectivity index (χ3v) is 2.79. The normalized spacial score (nSPS) is 22.4. The van der Waals surface area contributed by atoms with Crippen molar-refractivity contribution >= 4 is 11.8 Å². The van der Waals surface area contributed by atoms with Crippen LogP contribution < -0.4 is 29.6 Å². The summed E-state index contributed by atoms with van der Waals surface area (Å²) >= 11 is 0. The molecule has 0 bridgehead atoms. The summed E-state index contributed by atoms with van der Waals surface area (Å²) in [5, 5.41) is 0. The second-order valence-electron chi connectivity index (χ2n) is 3.86. The average Bonchev–Trinajstić information content (AvgIpc) is 2.25. The molecule has 2 atom stereocenters. The van der Waals surface area contributed by atoms with Crippen molar-refractivity contribution in [3.63, 3.8) is 0 Å². The Labute approximate surface area is 124 Å². The molecule has 0 saturated heterocycles. The van der Waals surface area contributed by atoms with Crippen LogP contribution in [0.1, 0.15) is 32.6 Å². The number of ether oxygens (including phenoxy) is 1. The van der Waals surface area contributed by atoms with E-state index >= 15 is 0 Å². The van der Waals surface area contributed by atoms with Crippen LogP contribution in [0.2, 0.25) is 0 Å². The van der Waals surface area contributed by atoms with Crippen LogP contribution in [0.3, 0.4) is 0 Å². The zero-order valence-electron chi connectivity index (χ0n) is 10.7. The van der Waals surface area contributed by atoms with E-state index < -0.39 is 11.9 Å². The third kappa shape index (κ3) is 5.34. The van der Waals surface area contributed by atoms with E-state index in [2.05, 4.69) is 17.7 Å². The number of hydrogen-bond donors (Lipinski definition) is 0. The molecule has 92 valence electrons. The maximum absolute atomic E-state index is 11.5. The second-order valence-corrected chi connectivity index (χ2v) is 3.86. The number of esters is 1. The molecule has 0 amide bonds. The number of rotatable bonds is 4. The van der Waals surface area contributed by atoms with Gasteiger partial charge in [0.1, 0.15) is 0 Å². The van der Waals surface area contributed by atoms with Gasteiger partial charge in [0.25, 0.3) is 5.97 Å². The molecule has 0 saturated carbocycles. The standard InChI is InChI=1S/C12H17O3.Na.H2O/c1-3-4-6-9-7-5-8-10(13)11(9)12(14)15-2;;/h8-9,11H,3-4,6-7H2,1-2H3;;1H2/q-1;+1;/p-1. The van der Waals surface area contributed by atoms with Crippen LogP contribution in [0.15, 0.2) is 6.08 Å². The van der Waals surface area contributed by atoms with Gasteiger partial charge in [0.15, 0.2) is 0 Å². The van der Waals surface area contributed by atoms with Crippen LogP contribution >= 0.6 is 0 Å². The van der Waals surface area contributed by atoms with Crippen molar-refractivity contribution in [2.45, 2.75) is 32.6 Å². The number of carbonyl (C=O) groups excluding carboxylic acids is 2. The first-order valence-corrected chi connectivity index (χ1v) is 5.39. The maximum atomic E-state index is 11.5. The molecular formula is C12H18NaO4-. The number of hydrogen-bond acceptors (Lipinski definition) is 4. The summed E-state index contributed by atoms with van der Waals surface area (Å²) in [5.41, 5.74) is 0. The number of allylic oxidation sites excluding steroid dienone is 2. The predicted octanol–water partition coefficient (Wildman–Crippen LogP) is -1.26. The fourth-order valence-electron chi connectivity index (χ4n) is 1.92. The molecule has 17 heavy (non-hydrogen) atoms. The zero-order chi connectivity index (χ0) is 11.3. The molecule has 0 aromatic rings. The Morgan fingerprint density at radius 2 is 2.24 bits per heavy atom. The number of methoxy groups -OCH3 is 1. The summed E-state index contributed by atoms with van der Waals surface area (Å²) in [7, 11) is 1.33.